The van der Waals surface area contributed by atoms with E-state index in [-0.39, 0.29) is 22.0 Å². The fourth-order valence-electron chi connectivity index (χ4n) is 3.42. The lowest BCUT2D eigenvalue weighted by Crippen LogP contribution is -2.19. The second-order valence-corrected chi connectivity index (χ2v) is 8.82. The van der Waals surface area contributed by atoms with Crippen molar-refractivity contribution in [1.82, 2.24) is 13.8 Å². The maximum absolute atomic E-state index is 13.5. The number of aliphatic hydroxyl groups excluding tert-OH is 1. The molecule has 3 N–H and O–H groups in total. The monoisotopic (exact) mass is 424 g/mol. The standard InChI is InChI=1S/C21H20N4O4S/c1-13-7-9-16(10-8-13)30(28,29)25-18-6-4-3-5-15(18)11-19(25)20(27)17-12-23-24(14(2)26)21(17)22/h3-12,20,27H,22H2,1-2H3. The van der Waals surface area contributed by atoms with Gasteiger partial charge >= 0.3 is 0 Å². The predicted molar refractivity (Wildman–Crippen MR) is 113 cm³/mol. The van der Waals surface area contributed by atoms with Gasteiger partial charge < -0.3 is 10.8 Å². The Morgan fingerprint density at radius 3 is 2.43 bits per heavy atom. The quantitative estimate of drug-likeness (QED) is 0.520. The summed E-state index contributed by atoms with van der Waals surface area (Å²) in [5, 5.41) is 15.6. The lowest BCUT2D eigenvalue weighted by molar-refractivity contribution is 0.0924. The molecule has 0 bridgehead atoms. The Labute approximate surface area is 173 Å². The van der Waals surface area contributed by atoms with Crippen LogP contribution in [0.4, 0.5) is 5.82 Å². The summed E-state index contributed by atoms with van der Waals surface area (Å²) >= 11 is 0. The first kappa shape index (κ1) is 19.9. The molecule has 4 aromatic rings. The Balaban J connectivity index is 1.96. The number of aliphatic hydroxyl groups is 1. The zero-order chi connectivity index (χ0) is 21.6. The molecule has 0 aliphatic heterocycles. The molecule has 0 saturated heterocycles. The van der Waals surface area contributed by atoms with E-state index >= 15 is 0 Å². The van der Waals surface area contributed by atoms with Crippen LogP contribution in [0.25, 0.3) is 10.9 Å². The summed E-state index contributed by atoms with van der Waals surface area (Å²) in [6, 6.07) is 15.0. The second-order valence-electron chi connectivity index (χ2n) is 7.03. The third kappa shape index (κ3) is 3.08. The first-order chi connectivity index (χ1) is 14.2. The van der Waals surface area contributed by atoms with Crippen molar-refractivity contribution in [2.75, 3.05) is 5.73 Å². The molecular formula is C21H20N4O4S. The van der Waals surface area contributed by atoms with Crippen LogP contribution in [0.2, 0.25) is 0 Å². The van der Waals surface area contributed by atoms with E-state index in [1.54, 1.807) is 42.5 Å². The minimum absolute atomic E-state index is 0.0421. The Bertz CT molecular complexity index is 1370. The summed E-state index contributed by atoms with van der Waals surface area (Å²) in [6.07, 6.45) is -0.146. The fourth-order valence-corrected chi connectivity index (χ4v) is 4.96. The molecule has 0 aliphatic carbocycles. The number of hydrogen-bond acceptors (Lipinski definition) is 6. The number of rotatable bonds is 4. The van der Waals surface area contributed by atoms with Gasteiger partial charge in [0.1, 0.15) is 11.9 Å². The zero-order valence-electron chi connectivity index (χ0n) is 16.4. The number of nitrogens with two attached hydrogens (primary N) is 1. The third-order valence-electron chi connectivity index (χ3n) is 4.96. The molecule has 2 heterocycles. The number of aryl methyl sites for hydroxylation is 1. The van der Waals surface area contributed by atoms with Gasteiger partial charge in [0.05, 0.1) is 22.3 Å². The highest BCUT2D eigenvalue weighted by molar-refractivity contribution is 7.90. The van der Waals surface area contributed by atoms with Crippen molar-refractivity contribution in [1.29, 1.82) is 0 Å². The van der Waals surface area contributed by atoms with Crippen LogP contribution in [0, 0.1) is 6.92 Å². The lowest BCUT2D eigenvalue weighted by atomic mass is 10.1. The molecule has 0 spiro atoms. The van der Waals surface area contributed by atoms with Gasteiger partial charge in [0.15, 0.2) is 0 Å². The minimum Gasteiger partial charge on any atom is -0.383 e. The molecule has 1 atom stereocenters. The molecule has 0 amide bonds. The van der Waals surface area contributed by atoms with Crippen LogP contribution in [-0.2, 0) is 10.0 Å². The number of para-hydroxylation sites is 1. The molecule has 0 saturated carbocycles. The predicted octanol–water partition coefficient (Wildman–Crippen LogP) is 2.71. The maximum Gasteiger partial charge on any atom is 0.268 e. The van der Waals surface area contributed by atoms with Gasteiger partial charge in [-0.3, -0.25) is 4.79 Å². The van der Waals surface area contributed by atoms with Crippen molar-refractivity contribution in [3.63, 3.8) is 0 Å². The van der Waals surface area contributed by atoms with Gasteiger partial charge in [-0.15, -0.1) is 0 Å². The number of carbonyl (C=O) groups is 1. The Hall–Kier alpha value is -3.43. The summed E-state index contributed by atoms with van der Waals surface area (Å²) in [7, 11) is -4.02. The minimum atomic E-state index is -4.02. The number of nitrogen functional groups attached to an aromatic ring is 1. The SMILES string of the molecule is CC(=O)n1ncc(C(O)c2cc3ccccc3n2S(=O)(=O)c2ccc(C)cc2)c1N. The molecule has 30 heavy (non-hydrogen) atoms. The van der Waals surface area contributed by atoms with Crippen molar-refractivity contribution in [3.05, 3.63) is 77.6 Å². The molecular weight excluding hydrogens is 404 g/mol. The number of nitrogens with zero attached hydrogens (tertiary/aromatic N) is 3. The highest BCUT2D eigenvalue weighted by Crippen LogP contribution is 2.34. The topological polar surface area (TPSA) is 120 Å². The van der Waals surface area contributed by atoms with E-state index in [0.29, 0.717) is 10.9 Å². The normalized spacial score (nSPS) is 12.9. The lowest BCUT2D eigenvalue weighted by Gasteiger charge is -2.16. The number of fused-ring (bicyclic) bond motifs is 1. The summed E-state index contributed by atoms with van der Waals surface area (Å²) < 4.78 is 29.1. The van der Waals surface area contributed by atoms with Crippen LogP contribution in [0.15, 0.2) is 65.7 Å². The van der Waals surface area contributed by atoms with Gasteiger partial charge in [0, 0.05) is 17.9 Å². The zero-order valence-corrected chi connectivity index (χ0v) is 17.2. The number of carbonyl (C=O) groups excluding carboxylic acids is 1. The Kier molecular flexibility index (Phi) is 4.71. The molecule has 154 valence electrons. The number of hydrogen-bond donors (Lipinski definition) is 2. The van der Waals surface area contributed by atoms with Crippen LogP contribution < -0.4 is 5.73 Å². The molecule has 2 aromatic carbocycles. The Morgan fingerprint density at radius 2 is 1.80 bits per heavy atom. The number of anilines is 1. The van der Waals surface area contributed by atoms with E-state index in [2.05, 4.69) is 5.10 Å². The van der Waals surface area contributed by atoms with Gasteiger partial charge in [-0.1, -0.05) is 35.9 Å². The van der Waals surface area contributed by atoms with Crippen LogP contribution in [-0.4, -0.2) is 33.2 Å². The largest absolute Gasteiger partial charge is 0.383 e. The smallest absolute Gasteiger partial charge is 0.268 e. The highest BCUT2D eigenvalue weighted by Gasteiger charge is 2.29. The second kappa shape index (κ2) is 7.12. The van der Waals surface area contributed by atoms with Crippen molar-refractivity contribution < 1.29 is 18.3 Å². The average Bonchev–Trinajstić information content (AvgIpc) is 3.29. The summed E-state index contributed by atoms with van der Waals surface area (Å²) in [5.74, 6) is -0.460. The van der Waals surface area contributed by atoms with E-state index < -0.39 is 22.0 Å². The molecule has 0 aliphatic rings. The highest BCUT2D eigenvalue weighted by atomic mass is 32.2. The molecule has 8 nitrogen and oxygen atoms in total. The van der Waals surface area contributed by atoms with Crippen LogP contribution in [0.5, 0.6) is 0 Å². The fraction of sp³-hybridized carbons (Fsp3) is 0.143. The van der Waals surface area contributed by atoms with Crippen molar-refractivity contribution >= 4 is 32.7 Å². The van der Waals surface area contributed by atoms with E-state index in [9.17, 15) is 18.3 Å². The molecule has 1 unspecified atom stereocenters. The average molecular weight is 424 g/mol. The van der Waals surface area contributed by atoms with E-state index in [0.717, 1.165) is 14.2 Å². The van der Waals surface area contributed by atoms with Crippen molar-refractivity contribution in [2.45, 2.75) is 24.8 Å². The maximum atomic E-state index is 13.5. The molecule has 4 rings (SSSR count). The van der Waals surface area contributed by atoms with Crippen LogP contribution in [0.1, 0.15) is 34.6 Å². The van der Waals surface area contributed by atoms with E-state index in [4.69, 9.17) is 5.73 Å². The summed E-state index contributed by atoms with van der Waals surface area (Å²) in [5.41, 5.74) is 7.58. The van der Waals surface area contributed by atoms with E-state index in [1.807, 2.05) is 6.92 Å². The molecule has 9 heteroatoms. The first-order valence-electron chi connectivity index (χ1n) is 9.17. The third-order valence-corrected chi connectivity index (χ3v) is 6.72. The molecule has 0 fully saturated rings. The van der Waals surface area contributed by atoms with Gasteiger partial charge in [-0.05, 0) is 31.2 Å². The van der Waals surface area contributed by atoms with Gasteiger partial charge in [-0.25, -0.2) is 12.4 Å². The van der Waals surface area contributed by atoms with Crippen LogP contribution >= 0.6 is 0 Å². The molecule has 2 aromatic heterocycles. The summed E-state index contributed by atoms with van der Waals surface area (Å²) in [6.45, 7) is 3.16. The van der Waals surface area contributed by atoms with Gasteiger partial charge in [-0.2, -0.15) is 9.78 Å². The Morgan fingerprint density at radius 1 is 1.13 bits per heavy atom. The number of benzene rings is 2. The van der Waals surface area contributed by atoms with E-state index in [1.165, 1.54) is 25.3 Å². The van der Waals surface area contributed by atoms with Crippen molar-refractivity contribution in [2.24, 2.45) is 0 Å². The summed E-state index contributed by atoms with van der Waals surface area (Å²) in [4.78, 5) is 11.7. The first-order valence-corrected chi connectivity index (χ1v) is 10.6. The van der Waals surface area contributed by atoms with Gasteiger partial charge in [0.25, 0.3) is 10.0 Å². The van der Waals surface area contributed by atoms with Crippen molar-refractivity contribution in [3.8, 4) is 0 Å². The van der Waals surface area contributed by atoms with Crippen LogP contribution in [0.3, 0.4) is 0 Å². The molecule has 0 radical (unpaired) electrons. The van der Waals surface area contributed by atoms with Gasteiger partial charge in [0.2, 0.25) is 5.91 Å². The number of aromatic nitrogens is 3.